The second-order valence-corrected chi connectivity index (χ2v) is 20.7. The molecular weight excluding hydrogens is 729 g/mol. The molecule has 342 valence electrons. The van der Waals surface area contributed by atoms with Crippen LogP contribution in [-0.2, 0) is 0 Å². The Labute approximate surface area is 356 Å². The molecular formula is C50H94O8. The quantitative estimate of drug-likeness (QED) is 0.0298. The summed E-state index contributed by atoms with van der Waals surface area (Å²) >= 11 is 0. The van der Waals surface area contributed by atoms with Crippen molar-refractivity contribution < 1.29 is 40.9 Å². The van der Waals surface area contributed by atoms with E-state index in [1.807, 2.05) is 27.7 Å². The van der Waals surface area contributed by atoms with E-state index in [0.717, 1.165) is 32.1 Å². The molecule has 0 aliphatic carbocycles. The van der Waals surface area contributed by atoms with Gasteiger partial charge in [-0.15, -0.1) is 6.58 Å². The maximum Gasteiger partial charge on any atom is 0.0877 e. The predicted molar refractivity (Wildman–Crippen MR) is 244 cm³/mol. The van der Waals surface area contributed by atoms with Crippen LogP contribution in [0.5, 0.6) is 0 Å². The average Bonchev–Trinajstić information content (AvgIpc) is 3.05. The van der Waals surface area contributed by atoms with Gasteiger partial charge >= 0.3 is 0 Å². The summed E-state index contributed by atoms with van der Waals surface area (Å²) in [6, 6.07) is 0. The number of hydrogen-bond donors (Lipinski definition) is 8. The van der Waals surface area contributed by atoms with Crippen molar-refractivity contribution in [2.45, 2.75) is 269 Å². The maximum atomic E-state index is 11.1. The molecule has 0 aliphatic heterocycles. The molecule has 0 spiro atoms. The summed E-state index contributed by atoms with van der Waals surface area (Å²) in [7, 11) is 0. The maximum absolute atomic E-state index is 11.1. The molecule has 8 atom stereocenters. The molecule has 58 heavy (non-hydrogen) atoms. The molecule has 0 saturated carbocycles. The lowest BCUT2D eigenvalue weighted by Crippen LogP contribution is -2.39. The molecule has 0 aliphatic rings. The summed E-state index contributed by atoms with van der Waals surface area (Å²) in [4.78, 5) is 0. The van der Waals surface area contributed by atoms with Crippen molar-refractivity contribution in [3.8, 4) is 0 Å². The molecule has 0 fully saturated rings. The van der Waals surface area contributed by atoms with Crippen LogP contribution in [0, 0.1) is 0 Å². The largest absolute Gasteiger partial charge is 0.390 e. The topological polar surface area (TPSA) is 162 Å². The van der Waals surface area contributed by atoms with Gasteiger partial charge in [-0.05, 0) is 224 Å². The fraction of sp³-hybridized carbons (Fsp3) is 0.840. The van der Waals surface area contributed by atoms with Crippen molar-refractivity contribution in [3.05, 3.63) is 47.6 Å². The van der Waals surface area contributed by atoms with E-state index in [2.05, 4.69) is 52.5 Å². The Morgan fingerprint density at radius 2 is 0.776 bits per heavy atom. The SMILES string of the molecule is C=CC(C)(O)CCC=C(C)CCC=C(C)CCC(O)C(C)(O)CCCC(C)(O)CCCC(C)(O)CCCC(C)(O)CCCC(C)(O)CCCC(C)(O)CCC=C(C)C. The standard InChI is InChI=1S/C50H94O8/c1-13-44(6,52)28-16-25-41(4)23-14-24-42(5)26-27-43(51)50(12,58)39-21-38-49(11,57)37-20-36-48(10,56)35-19-34-47(9,55)33-18-32-46(8,54)31-17-30-45(7,53)29-15-22-40(2)3/h13,22,24-25,43,51-58H,1,14-21,23,26-39H2,2-12H3. The van der Waals surface area contributed by atoms with Gasteiger partial charge in [-0.2, -0.15) is 0 Å². The fourth-order valence-corrected chi connectivity index (χ4v) is 7.83. The Morgan fingerprint density at radius 3 is 1.16 bits per heavy atom. The summed E-state index contributed by atoms with van der Waals surface area (Å²) in [6.07, 6.45) is 22.0. The molecule has 0 amide bonds. The molecule has 0 heterocycles. The lowest BCUT2D eigenvalue weighted by molar-refractivity contribution is -0.0746. The van der Waals surface area contributed by atoms with E-state index in [4.69, 9.17) is 0 Å². The van der Waals surface area contributed by atoms with E-state index in [1.54, 1.807) is 26.8 Å². The Kier molecular flexibility index (Phi) is 25.6. The first-order valence-corrected chi connectivity index (χ1v) is 22.8. The highest BCUT2D eigenvalue weighted by atomic mass is 16.3. The summed E-state index contributed by atoms with van der Waals surface area (Å²) in [5.74, 6) is 0. The molecule has 8 nitrogen and oxygen atoms in total. The van der Waals surface area contributed by atoms with E-state index >= 15 is 0 Å². The highest BCUT2D eigenvalue weighted by Gasteiger charge is 2.32. The van der Waals surface area contributed by atoms with Crippen molar-refractivity contribution >= 4 is 0 Å². The van der Waals surface area contributed by atoms with E-state index in [9.17, 15) is 40.9 Å². The zero-order valence-corrected chi connectivity index (χ0v) is 39.4. The van der Waals surface area contributed by atoms with Crippen LogP contribution in [0.3, 0.4) is 0 Å². The summed E-state index contributed by atoms with van der Waals surface area (Å²) in [5, 5.41) is 86.7. The third-order valence-corrected chi connectivity index (χ3v) is 12.5. The Bertz CT molecular complexity index is 1230. The first kappa shape index (κ1) is 56.6. The van der Waals surface area contributed by atoms with E-state index < -0.39 is 45.3 Å². The monoisotopic (exact) mass is 823 g/mol. The van der Waals surface area contributed by atoms with Crippen molar-refractivity contribution in [1.82, 2.24) is 0 Å². The molecule has 0 radical (unpaired) electrons. The van der Waals surface area contributed by atoms with E-state index in [1.165, 1.54) is 16.7 Å². The van der Waals surface area contributed by atoms with Crippen molar-refractivity contribution in [1.29, 1.82) is 0 Å². The van der Waals surface area contributed by atoms with Gasteiger partial charge in [0.1, 0.15) is 0 Å². The van der Waals surface area contributed by atoms with Gasteiger partial charge in [0.15, 0.2) is 0 Å². The third-order valence-electron chi connectivity index (χ3n) is 12.5. The molecule has 0 aromatic heterocycles. The normalized spacial score (nSPS) is 20.7. The van der Waals surface area contributed by atoms with Crippen LogP contribution in [0.4, 0.5) is 0 Å². The molecule has 0 aromatic rings. The fourth-order valence-electron chi connectivity index (χ4n) is 7.83. The summed E-state index contributed by atoms with van der Waals surface area (Å²) in [5.41, 5.74) is -2.70. The molecule has 0 rings (SSSR count). The van der Waals surface area contributed by atoms with Crippen LogP contribution >= 0.6 is 0 Å². The van der Waals surface area contributed by atoms with E-state index in [-0.39, 0.29) is 0 Å². The zero-order valence-electron chi connectivity index (χ0n) is 39.4. The third kappa shape index (κ3) is 29.8. The molecule has 8 heteroatoms. The van der Waals surface area contributed by atoms with Crippen LogP contribution in [0.1, 0.15) is 224 Å². The van der Waals surface area contributed by atoms with Crippen LogP contribution in [0.15, 0.2) is 47.6 Å². The first-order valence-electron chi connectivity index (χ1n) is 22.8. The lowest BCUT2D eigenvalue weighted by atomic mass is 9.83. The minimum atomic E-state index is -1.25. The first-order chi connectivity index (χ1) is 26.4. The summed E-state index contributed by atoms with van der Waals surface area (Å²) < 4.78 is 0. The Balaban J connectivity index is 4.48. The van der Waals surface area contributed by atoms with Gasteiger partial charge in [0.2, 0.25) is 0 Å². The van der Waals surface area contributed by atoms with Gasteiger partial charge in [-0.1, -0.05) is 41.0 Å². The molecule has 0 bridgehead atoms. The second-order valence-electron chi connectivity index (χ2n) is 20.7. The van der Waals surface area contributed by atoms with E-state index in [0.29, 0.717) is 116 Å². The van der Waals surface area contributed by atoms with Crippen molar-refractivity contribution in [2.24, 2.45) is 0 Å². The van der Waals surface area contributed by atoms with Crippen LogP contribution in [0.2, 0.25) is 0 Å². The highest BCUT2D eigenvalue weighted by molar-refractivity contribution is 5.05. The van der Waals surface area contributed by atoms with Gasteiger partial charge in [-0.3, -0.25) is 0 Å². The number of aliphatic hydroxyl groups excluding tert-OH is 1. The smallest absolute Gasteiger partial charge is 0.0877 e. The Morgan fingerprint density at radius 1 is 0.448 bits per heavy atom. The van der Waals surface area contributed by atoms with Crippen molar-refractivity contribution in [2.75, 3.05) is 0 Å². The minimum Gasteiger partial charge on any atom is -0.390 e. The van der Waals surface area contributed by atoms with Crippen LogP contribution in [0.25, 0.3) is 0 Å². The average molecular weight is 823 g/mol. The number of rotatable bonds is 34. The molecule has 8 N–H and O–H groups in total. The number of allylic oxidation sites excluding steroid dienone is 6. The zero-order chi connectivity index (χ0) is 44.9. The van der Waals surface area contributed by atoms with Gasteiger partial charge in [0.25, 0.3) is 0 Å². The van der Waals surface area contributed by atoms with Gasteiger partial charge in [-0.25, -0.2) is 0 Å². The number of hydrogen-bond acceptors (Lipinski definition) is 8. The van der Waals surface area contributed by atoms with Gasteiger partial charge in [0, 0.05) is 0 Å². The Hall–Kier alpha value is -1.36. The molecule has 0 saturated heterocycles. The predicted octanol–water partition coefficient (Wildman–Crippen LogP) is 10.6. The second kappa shape index (κ2) is 26.2. The van der Waals surface area contributed by atoms with Gasteiger partial charge < -0.3 is 40.9 Å². The number of aliphatic hydroxyl groups is 8. The van der Waals surface area contributed by atoms with Crippen LogP contribution in [-0.4, -0.2) is 86.2 Å². The molecule has 0 aromatic carbocycles. The van der Waals surface area contributed by atoms with Crippen molar-refractivity contribution in [3.63, 3.8) is 0 Å². The minimum absolute atomic E-state index is 0.380. The van der Waals surface area contributed by atoms with Gasteiger partial charge in [0.05, 0.1) is 45.3 Å². The lowest BCUT2D eigenvalue weighted by Gasteiger charge is -2.32. The summed E-state index contributed by atoms with van der Waals surface area (Å²) in [6.45, 7) is 24.6. The molecule has 8 unspecified atom stereocenters. The highest BCUT2D eigenvalue weighted by Crippen LogP contribution is 2.32. The van der Waals surface area contributed by atoms with Crippen LogP contribution < -0.4 is 0 Å².